The van der Waals surface area contributed by atoms with Gasteiger partial charge in [0.2, 0.25) is 5.91 Å². The molecule has 24 heavy (non-hydrogen) atoms. The lowest BCUT2D eigenvalue weighted by molar-refractivity contribution is -0.122. The second-order valence-electron chi connectivity index (χ2n) is 5.20. The van der Waals surface area contributed by atoms with Crippen molar-refractivity contribution in [2.24, 2.45) is 0 Å². The summed E-state index contributed by atoms with van der Waals surface area (Å²) in [5, 5.41) is 5.04. The van der Waals surface area contributed by atoms with Crippen LogP contribution in [-0.4, -0.2) is 27.9 Å². The number of halogens is 2. The Morgan fingerprint density at radius 2 is 2.12 bits per heavy atom. The van der Waals surface area contributed by atoms with Crippen LogP contribution in [0.3, 0.4) is 0 Å². The molecule has 1 aromatic carbocycles. The number of nitrogens with one attached hydrogen (secondary N) is 2. The molecule has 1 aromatic heterocycles. The van der Waals surface area contributed by atoms with E-state index in [0.717, 1.165) is 23.9 Å². The molecule has 124 valence electrons. The van der Waals surface area contributed by atoms with E-state index in [1.54, 1.807) is 18.3 Å². The van der Waals surface area contributed by atoms with Crippen LogP contribution in [0.4, 0.5) is 13.6 Å². The van der Waals surface area contributed by atoms with Crippen molar-refractivity contribution in [2.45, 2.75) is 12.1 Å². The number of pyridine rings is 1. The maximum absolute atomic E-state index is 13.6. The highest BCUT2D eigenvalue weighted by Gasteiger charge is 2.30. The molecule has 1 saturated heterocycles. The third kappa shape index (κ3) is 3.53. The van der Waals surface area contributed by atoms with E-state index in [2.05, 4.69) is 15.6 Å². The van der Waals surface area contributed by atoms with Gasteiger partial charge in [0.25, 0.3) is 5.24 Å². The summed E-state index contributed by atoms with van der Waals surface area (Å²) in [4.78, 5) is 27.6. The van der Waals surface area contributed by atoms with E-state index in [1.165, 1.54) is 12.3 Å². The standard InChI is InChI=1S/C16H13F2N3O2S/c17-11-4-3-9(6-12(11)18)14(10-2-1-5-19-7-10)21-15(22)13-8-24-16(23)20-13/h1-7,13-14H,8H2,(H,20,23)(H,21,22)/t13-,14-/m1/s1. The molecule has 2 atom stereocenters. The lowest BCUT2D eigenvalue weighted by atomic mass is 9.99. The number of hydrogen-bond donors (Lipinski definition) is 2. The average molecular weight is 349 g/mol. The minimum absolute atomic E-state index is 0.263. The number of aromatic nitrogens is 1. The molecule has 1 aliphatic heterocycles. The fraction of sp³-hybridized carbons (Fsp3) is 0.188. The van der Waals surface area contributed by atoms with Gasteiger partial charge in [-0.25, -0.2) is 8.78 Å². The SMILES string of the molecule is O=C1N[C@@H](C(=O)N[C@@H](c2cccnc2)c2ccc(F)c(F)c2)CS1. The van der Waals surface area contributed by atoms with Crippen molar-refractivity contribution in [3.05, 3.63) is 65.5 Å². The van der Waals surface area contributed by atoms with Crippen LogP contribution in [0, 0.1) is 11.6 Å². The van der Waals surface area contributed by atoms with Crippen LogP contribution in [0.25, 0.3) is 0 Å². The van der Waals surface area contributed by atoms with Crippen LogP contribution in [0.2, 0.25) is 0 Å². The van der Waals surface area contributed by atoms with Gasteiger partial charge >= 0.3 is 0 Å². The Bertz CT molecular complexity index is 773. The second kappa shape index (κ2) is 6.96. The zero-order valence-corrected chi connectivity index (χ0v) is 13.1. The van der Waals surface area contributed by atoms with Gasteiger partial charge in [0.15, 0.2) is 11.6 Å². The molecule has 0 radical (unpaired) electrons. The first-order valence-electron chi connectivity index (χ1n) is 7.13. The molecule has 5 nitrogen and oxygen atoms in total. The number of rotatable bonds is 4. The summed E-state index contributed by atoms with van der Waals surface area (Å²) in [6.07, 6.45) is 3.11. The number of benzene rings is 1. The van der Waals surface area contributed by atoms with Gasteiger partial charge in [-0.05, 0) is 29.3 Å². The molecule has 2 heterocycles. The lowest BCUT2D eigenvalue weighted by Crippen LogP contribution is -2.44. The van der Waals surface area contributed by atoms with Crippen LogP contribution in [-0.2, 0) is 4.79 Å². The zero-order valence-electron chi connectivity index (χ0n) is 12.3. The van der Waals surface area contributed by atoms with Gasteiger partial charge in [-0.1, -0.05) is 23.9 Å². The summed E-state index contributed by atoms with van der Waals surface area (Å²) in [5.41, 5.74) is 1.00. The first kappa shape index (κ1) is 16.4. The number of carbonyl (C=O) groups is 2. The van der Waals surface area contributed by atoms with Gasteiger partial charge < -0.3 is 10.6 Å². The Kier molecular flexibility index (Phi) is 4.75. The molecular formula is C16H13F2N3O2S. The van der Waals surface area contributed by atoms with E-state index in [4.69, 9.17) is 0 Å². The molecule has 2 N–H and O–H groups in total. The van der Waals surface area contributed by atoms with Crippen molar-refractivity contribution in [1.29, 1.82) is 0 Å². The molecule has 1 fully saturated rings. The summed E-state index contributed by atoms with van der Waals surface area (Å²) in [5.74, 6) is -2.04. The van der Waals surface area contributed by atoms with E-state index in [9.17, 15) is 18.4 Å². The number of hydrogen-bond acceptors (Lipinski definition) is 4. The Labute approximate surface area is 140 Å². The predicted octanol–water partition coefficient (Wildman–Crippen LogP) is 2.39. The zero-order chi connectivity index (χ0) is 17.1. The van der Waals surface area contributed by atoms with Gasteiger partial charge in [-0.2, -0.15) is 0 Å². The Morgan fingerprint density at radius 3 is 2.75 bits per heavy atom. The van der Waals surface area contributed by atoms with Gasteiger partial charge in [0, 0.05) is 18.1 Å². The van der Waals surface area contributed by atoms with Crippen molar-refractivity contribution in [2.75, 3.05) is 5.75 Å². The highest BCUT2D eigenvalue weighted by atomic mass is 32.2. The van der Waals surface area contributed by atoms with E-state index in [-0.39, 0.29) is 5.24 Å². The highest BCUT2D eigenvalue weighted by molar-refractivity contribution is 8.14. The number of nitrogens with zero attached hydrogens (tertiary/aromatic N) is 1. The molecule has 2 amide bonds. The highest BCUT2D eigenvalue weighted by Crippen LogP contribution is 2.24. The molecular weight excluding hydrogens is 336 g/mol. The van der Waals surface area contributed by atoms with Gasteiger partial charge in [-0.15, -0.1) is 0 Å². The monoisotopic (exact) mass is 349 g/mol. The van der Waals surface area contributed by atoms with Gasteiger partial charge in [0.05, 0.1) is 6.04 Å². The van der Waals surface area contributed by atoms with Crippen LogP contribution < -0.4 is 10.6 Å². The summed E-state index contributed by atoms with van der Waals surface area (Å²) in [6.45, 7) is 0. The molecule has 0 bridgehead atoms. The fourth-order valence-electron chi connectivity index (χ4n) is 2.37. The first-order chi connectivity index (χ1) is 11.5. The molecule has 0 saturated carbocycles. The molecule has 3 rings (SSSR count). The maximum atomic E-state index is 13.6. The summed E-state index contributed by atoms with van der Waals surface area (Å²) in [7, 11) is 0. The number of amides is 2. The van der Waals surface area contributed by atoms with Crippen molar-refractivity contribution < 1.29 is 18.4 Å². The topological polar surface area (TPSA) is 71.1 Å². The lowest BCUT2D eigenvalue weighted by Gasteiger charge is -2.21. The largest absolute Gasteiger partial charge is 0.343 e. The minimum atomic E-state index is -1.000. The fourth-order valence-corrected chi connectivity index (χ4v) is 3.14. The van der Waals surface area contributed by atoms with Gasteiger partial charge in [-0.3, -0.25) is 14.6 Å². The van der Waals surface area contributed by atoms with Crippen molar-refractivity contribution in [1.82, 2.24) is 15.6 Å². The van der Waals surface area contributed by atoms with Gasteiger partial charge in [0.1, 0.15) is 6.04 Å². The third-order valence-corrected chi connectivity index (χ3v) is 4.45. The van der Waals surface area contributed by atoms with E-state index in [0.29, 0.717) is 16.9 Å². The molecule has 0 unspecified atom stereocenters. The third-order valence-electron chi connectivity index (χ3n) is 3.57. The summed E-state index contributed by atoms with van der Waals surface area (Å²) >= 11 is 1.02. The first-order valence-corrected chi connectivity index (χ1v) is 8.11. The van der Waals surface area contributed by atoms with Crippen LogP contribution in [0.1, 0.15) is 17.2 Å². The number of carbonyl (C=O) groups excluding carboxylic acids is 2. The smallest absolute Gasteiger partial charge is 0.279 e. The van der Waals surface area contributed by atoms with E-state index >= 15 is 0 Å². The van der Waals surface area contributed by atoms with E-state index in [1.807, 2.05) is 0 Å². The van der Waals surface area contributed by atoms with Crippen molar-refractivity contribution >= 4 is 22.9 Å². The Hall–Kier alpha value is -2.48. The maximum Gasteiger partial charge on any atom is 0.279 e. The van der Waals surface area contributed by atoms with Crippen LogP contribution in [0.5, 0.6) is 0 Å². The summed E-state index contributed by atoms with van der Waals surface area (Å²) in [6, 6.07) is 5.49. The van der Waals surface area contributed by atoms with Crippen molar-refractivity contribution in [3.8, 4) is 0 Å². The van der Waals surface area contributed by atoms with Crippen molar-refractivity contribution in [3.63, 3.8) is 0 Å². The van der Waals surface area contributed by atoms with Crippen LogP contribution >= 0.6 is 11.8 Å². The molecule has 0 spiro atoms. The molecule has 1 aliphatic rings. The predicted molar refractivity (Wildman–Crippen MR) is 85.4 cm³/mol. The quantitative estimate of drug-likeness (QED) is 0.889. The molecule has 2 aromatic rings. The minimum Gasteiger partial charge on any atom is -0.343 e. The Morgan fingerprint density at radius 1 is 1.29 bits per heavy atom. The molecule has 0 aliphatic carbocycles. The second-order valence-corrected chi connectivity index (χ2v) is 6.19. The number of thioether (sulfide) groups is 1. The summed E-state index contributed by atoms with van der Waals surface area (Å²) < 4.78 is 26.8. The van der Waals surface area contributed by atoms with E-state index < -0.39 is 29.6 Å². The average Bonchev–Trinajstić information content (AvgIpc) is 3.02. The molecule has 8 heteroatoms. The Balaban J connectivity index is 1.89. The normalized spacial score (nSPS) is 18.1. The van der Waals surface area contributed by atoms with Crippen LogP contribution in [0.15, 0.2) is 42.7 Å².